The van der Waals surface area contributed by atoms with Crippen molar-refractivity contribution in [3.63, 3.8) is 0 Å². The highest BCUT2D eigenvalue weighted by Crippen LogP contribution is 2.14. The van der Waals surface area contributed by atoms with E-state index in [2.05, 4.69) is 4.74 Å². The van der Waals surface area contributed by atoms with E-state index >= 15 is 0 Å². The largest absolute Gasteiger partial charge is 0.507 e. The lowest BCUT2D eigenvalue weighted by molar-refractivity contribution is -0.151. The molecule has 15 heavy (non-hydrogen) atoms. The number of aliphatic hydroxyl groups excluding tert-OH is 1. The third-order valence-electron chi connectivity index (χ3n) is 1.56. The number of hydrogen-bond donors (Lipinski definition) is 1. The van der Waals surface area contributed by atoms with E-state index in [9.17, 15) is 14.7 Å². The van der Waals surface area contributed by atoms with Gasteiger partial charge in [-0.3, -0.25) is 4.79 Å². The van der Waals surface area contributed by atoms with Crippen molar-refractivity contribution in [1.29, 1.82) is 0 Å². The van der Waals surface area contributed by atoms with E-state index in [4.69, 9.17) is 0 Å². The molecule has 1 aromatic rings. The van der Waals surface area contributed by atoms with Gasteiger partial charge in [-0.1, -0.05) is 0 Å². The van der Waals surface area contributed by atoms with Crippen LogP contribution in [0.5, 0.6) is 0 Å². The minimum Gasteiger partial charge on any atom is -0.507 e. The molecule has 0 unspecified atom stereocenters. The van der Waals surface area contributed by atoms with Gasteiger partial charge in [0.15, 0.2) is 0 Å². The van der Waals surface area contributed by atoms with Crippen LogP contribution in [0.3, 0.4) is 0 Å². The van der Waals surface area contributed by atoms with Crippen LogP contribution < -0.4 is 0 Å². The number of carbonyl (C=O) groups is 2. The number of ether oxygens (including phenoxy) is 1. The fraction of sp³-hybridized carbons (Fsp3) is 0.200. The van der Waals surface area contributed by atoms with E-state index in [1.54, 1.807) is 23.8 Å². The molecule has 1 N–H and O–H groups in total. The summed E-state index contributed by atoms with van der Waals surface area (Å²) in [6.07, 6.45) is 0.861. The summed E-state index contributed by atoms with van der Waals surface area (Å²) in [5.41, 5.74) is 0.512. The molecule has 0 fully saturated rings. The Morgan fingerprint density at radius 2 is 2.33 bits per heavy atom. The number of aliphatic hydroxyl groups is 1. The van der Waals surface area contributed by atoms with Gasteiger partial charge in [-0.2, -0.15) is 11.3 Å². The Kier molecular flexibility index (Phi) is 4.05. The zero-order chi connectivity index (χ0) is 11.3. The molecule has 80 valence electrons. The van der Waals surface area contributed by atoms with Crippen molar-refractivity contribution in [2.24, 2.45) is 0 Å². The molecule has 1 rings (SSSR count). The number of carbonyl (C=O) groups excluding carboxylic acids is 2. The van der Waals surface area contributed by atoms with Crippen LogP contribution in [0.25, 0.3) is 5.76 Å². The van der Waals surface area contributed by atoms with Crippen LogP contribution in [0.15, 0.2) is 22.9 Å². The van der Waals surface area contributed by atoms with Crippen LogP contribution in [-0.2, 0) is 14.3 Å². The minimum atomic E-state index is -0.959. The highest BCUT2D eigenvalue weighted by Gasteiger charge is 2.13. The lowest BCUT2D eigenvalue weighted by Gasteiger charge is -1.97. The maximum Gasteiger partial charge on any atom is 0.379 e. The summed E-state index contributed by atoms with van der Waals surface area (Å²) in [5.74, 6) is -2.05. The van der Waals surface area contributed by atoms with Gasteiger partial charge >= 0.3 is 5.97 Å². The average molecular weight is 226 g/mol. The molecule has 0 amide bonds. The summed E-state index contributed by atoms with van der Waals surface area (Å²) in [4.78, 5) is 22.1. The Bertz CT molecular complexity index is 378. The number of thiophene rings is 1. The molecular weight excluding hydrogens is 216 g/mol. The van der Waals surface area contributed by atoms with Gasteiger partial charge in [-0.15, -0.1) is 0 Å². The van der Waals surface area contributed by atoms with Crippen LogP contribution in [-0.4, -0.2) is 23.5 Å². The zero-order valence-corrected chi connectivity index (χ0v) is 8.91. The fourth-order valence-corrected chi connectivity index (χ4v) is 1.53. The molecule has 0 aromatic carbocycles. The smallest absolute Gasteiger partial charge is 0.379 e. The first-order chi connectivity index (χ1) is 7.15. The molecule has 4 nitrogen and oxygen atoms in total. The number of esters is 1. The van der Waals surface area contributed by atoms with Gasteiger partial charge in [0.05, 0.1) is 6.61 Å². The van der Waals surface area contributed by atoms with Crippen molar-refractivity contribution in [1.82, 2.24) is 0 Å². The van der Waals surface area contributed by atoms with Crippen LogP contribution in [0.4, 0.5) is 0 Å². The Morgan fingerprint density at radius 3 is 2.87 bits per heavy atom. The van der Waals surface area contributed by atoms with Crippen LogP contribution in [0.2, 0.25) is 0 Å². The second-order valence-electron chi connectivity index (χ2n) is 2.63. The molecule has 0 spiro atoms. The quantitative estimate of drug-likeness (QED) is 0.368. The lowest BCUT2D eigenvalue weighted by Crippen LogP contribution is -2.15. The Morgan fingerprint density at radius 1 is 1.60 bits per heavy atom. The third-order valence-corrected chi connectivity index (χ3v) is 2.24. The van der Waals surface area contributed by atoms with E-state index in [0.29, 0.717) is 5.56 Å². The lowest BCUT2D eigenvalue weighted by atomic mass is 10.2. The zero-order valence-electron chi connectivity index (χ0n) is 8.10. The molecule has 1 aromatic heterocycles. The first kappa shape index (κ1) is 11.5. The Hall–Kier alpha value is -1.62. The summed E-state index contributed by atoms with van der Waals surface area (Å²) in [7, 11) is 0. The molecule has 0 bridgehead atoms. The van der Waals surface area contributed by atoms with Crippen molar-refractivity contribution in [2.75, 3.05) is 6.61 Å². The summed E-state index contributed by atoms with van der Waals surface area (Å²) in [6.45, 7) is 1.74. The predicted octanol–water partition coefficient (Wildman–Crippen LogP) is 1.78. The Labute approximate surface area is 90.8 Å². The van der Waals surface area contributed by atoms with Gasteiger partial charge in [0.25, 0.3) is 5.78 Å². The Balaban J connectivity index is 2.71. The maximum atomic E-state index is 11.1. The van der Waals surface area contributed by atoms with Gasteiger partial charge in [0.1, 0.15) is 5.76 Å². The van der Waals surface area contributed by atoms with Gasteiger partial charge in [-0.05, 0) is 18.4 Å². The monoisotopic (exact) mass is 226 g/mol. The second-order valence-corrected chi connectivity index (χ2v) is 3.41. The van der Waals surface area contributed by atoms with E-state index in [1.165, 1.54) is 11.3 Å². The van der Waals surface area contributed by atoms with Crippen molar-refractivity contribution < 1.29 is 19.4 Å². The SMILES string of the molecule is CCOC(=O)C(=O)C=C(O)c1ccsc1. The van der Waals surface area contributed by atoms with E-state index in [0.717, 1.165) is 6.08 Å². The number of rotatable bonds is 4. The molecule has 1 heterocycles. The molecule has 0 radical (unpaired) electrons. The second kappa shape index (κ2) is 5.31. The maximum absolute atomic E-state index is 11.1. The van der Waals surface area contributed by atoms with Gasteiger partial charge in [0, 0.05) is 17.0 Å². The first-order valence-electron chi connectivity index (χ1n) is 4.29. The molecule has 0 saturated carbocycles. The highest BCUT2D eigenvalue weighted by molar-refractivity contribution is 7.08. The van der Waals surface area contributed by atoms with E-state index < -0.39 is 11.8 Å². The summed E-state index contributed by atoms with van der Waals surface area (Å²) in [5, 5.41) is 12.9. The fourth-order valence-electron chi connectivity index (χ4n) is 0.879. The summed E-state index contributed by atoms with van der Waals surface area (Å²) >= 11 is 1.39. The predicted molar refractivity (Wildman–Crippen MR) is 56.6 cm³/mol. The first-order valence-corrected chi connectivity index (χ1v) is 5.23. The molecule has 0 atom stereocenters. The topological polar surface area (TPSA) is 63.6 Å². The van der Waals surface area contributed by atoms with Crippen molar-refractivity contribution >= 4 is 28.8 Å². The molecular formula is C10H10O4S. The molecule has 5 heteroatoms. The summed E-state index contributed by atoms with van der Waals surface area (Å²) in [6, 6.07) is 1.65. The highest BCUT2D eigenvalue weighted by atomic mass is 32.1. The van der Waals surface area contributed by atoms with Crippen molar-refractivity contribution in [3.8, 4) is 0 Å². The van der Waals surface area contributed by atoms with Crippen molar-refractivity contribution in [3.05, 3.63) is 28.5 Å². The minimum absolute atomic E-state index is 0.137. The number of hydrogen-bond acceptors (Lipinski definition) is 5. The summed E-state index contributed by atoms with van der Waals surface area (Å²) < 4.78 is 4.48. The standard InChI is InChI=1S/C10H10O4S/c1-2-14-10(13)9(12)5-8(11)7-3-4-15-6-7/h3-6,11H,2H2,1H3. The average Bonchev–Trinajstić information content (AvgIpc) is 2.70. The van der Waals surface area contributed by atoms with Gasteiger partial charge in [-0.25, -0.2) is 4.79 Å². The molecule has 0 aliphatic heterocycles. The van der Waals surface area contributed by atoms with Crippen molar-refractivity contribution in [2.45, 2.75) is 6.92 Å². The molecule has 0 saturated heterocycles. The van der Waals surface area contributed by atoms with Crippen LogP contribution in [0.1, 0.15) is 12.5 Å². The van der Waals surface area contributed by atoms with Gasteiger partial charge in [0.2, 0.25) is 0 Å². The normalized spacial score (nSPS) is 11.1. The van der Waals surface area contributed by atoms with Gasteiger partial charge < -0.3 is 9.84 Å². The molecule has 0 aliphatic rings. The van der Waals surface area contributed by atoms with E-state index in [1.807, 2.05) is 0 Å². The number of ketones is 1. The van der Waals surface area contributed by atoms with Crippen LogP contribution >= 0.6 is 11.3 Å². The third kappa shape index (κ3) is 3.21. The van der Waals surface area contributed by atoms with Crippen LogP contribution in [0, 0.1) is 0 Å². The van der Waals surface area contributed by atoms with E-state index in [-0.39, 0.29) is 12.4 Å². The molecule has 0 aliphatic carbocycles.